The summed E-state index contributed by atoms with van der Waals surface area (Å²) >= 11 is 1.45. The smallest absolute Gasteiger partial charge is 0.230 e. The van der Waals surface area contributed by atoms with Crippen LogP contribution in [0.15, 0.2) is 5.16 Å². The van der Waals surface area contributed by atoms with Crippen LogP contribution in [0, 0.1) is 0 Å². The largest absolute Gasteiger partial charge is 0.392 e. The van der Waals surface area contributed by atoms with Crippen LogP contribution in [0.1, 0.15) is 27.2 Å². The standard InChI is InChI=1S/C12H23N5OS/c1-6-7-13-10-14-11(17(4)5)16-12(15-10)19-9(3)8(2)18/h8-9,18H,6-7H2,1-5H3,(H,13,14,15,16). The molecule has 1 aromatic rings. The van der Waals surface area contributed by atoms with E-state index in [0.717, 1.165) is 13.0 Å². The summed E-state index contributed by atoms with van der Waals surface area (Å²) in [6.07, 6.45) is 0.604. The van der Waals surface area contributed by atoms with Crippen LogP contribution in [0.4, 0.5) is 11.9 Å². The van der Waals surface area contributed by atoms with E-state index in [9.17, 15) is 5.11 Å². The molecule has 0 radical (unpaired) electrons. The molecule has 2 atom stereocenters. The molecule has 0 fully saturated rings. The Morgan fingerprint density at radius 3 is 2.47 bits per heavy atom. The average molecular weight is 285 g/mol. The molecule has 108 valence electrons. The number of hydrogen-bond acceptors (Lipinski definition) is 7. The highest BCUT2D eigenvalue weighted by Gasteiger charge is 2.15. The third kappa shape index (κ3) is 5.20. The number of hydrogen-bond donors (Lipinski definition) is 2. The third-order valence-electron chi connectivity index (χ3n) is 2.51. The number of aromatic nitrogens is 3. The van der Waals surface area contributed by atoms with Gasteiger partial charge in [0.25, 0.3) is 0 Å². The van der Waals surface area contributed by atoms with Crippen LogP contribution in [0.5, 0.6) is 0 Å². The molecule has 1 rings (SSSR count). The first kappa shape index (κ1) is 16.0. The molecule has 0 amide bonds. The van der Waals surface area contributed by atoms with Crippen LogP contribution in [0.3, 0.4) is 0 Å². The van der Waals surface area contributed by atoms with Crippen molar-refractivity contribution in [3.05, 3.63) is 0 Å². The van der Waals surface area contributed by atoms with Gasteiger partial charge in [-0.05, 0) is 13.3 Å². The number of anilines is 2. The lowest BCUT2D eigenvalue weighted by atomic mass is 10.3. The minimum Gasteiger partial charge on any atom is -0.392 e. The zero-order chi connectivity index (χ0) is 14.4. The van der Waals surface area contributed by atoms with Gasteiger partial charge in [-0.25, -0.2) is 0 Å². The van der Waals surface area contributed by atoms with Gasteiger partial charge < -0.3 is 15.3 Å². The Balaban J connectivity index is 2.92. The highest BCUT2D eigenvalue weighted by Crippen LogP contribution is 2.24. The molecule has 7 heteroatoms. The summed E-state index contributed by atoms with van der Waals surface area (Å²) in [5.41, 5.74) is 0. The first-order valence-electron chi connectivity index (χ1n) is 6.46. The summed E-state index contributed by atoms with van der Waals surface area (Å²) < 4.78 is 0. The van der Waals surface area contributed by atoms with Crippen LogP contribution >= 0.6 is 11.8 Å². The van der Waals surface area contributed by atoms with E-state index in [-0.39, 0.29) is 5.25 Å². The summed E-state index contributed by atoms with van der Waals surface area (Å²) in [6, 6.07) is 0. The van der Waals surface area contributed by atoms with Gasteiger partial charge in [0.1, 0.15) is 0 Å². The van der Waals surface area contributed by atoms with Crippen molar-refractivity contribution in [2.45, 2.75) is 43.7 Å². The molecule has 1 heterocycles. The topological polar surface area (TPSA) is 74.2 Å². The van der Waals surface area contributed by atoms with Crippen LogP contribution in [0.25, 0.3) is 0 Å². The average Bonchev–Trinajstić information content (AvgIpc) is 2.35. The maximum Gasteiger partial charge on any atom is 0.230 e. The van der Waals surface area contributed by atoms with E-state index in [1.54, 1.807) is 6.92 Å². The quantitative estimate of drug-likeness (QED) is 0.737. The summed E-state index contributed by atoms with van der Waals surface area (Å²) in [7, 11) is 3.79. The number of thioether (sulfide) groups is 1. The van der Waals surface area contributed by atoms with E-state index in [0.29, 0.717) is 17.1 Å². The van der Waals surface area contributed by atoms with Crippen molar-refractivity contribution in [3.8, 4) is 0 Å². The molecule has 2 N–H and O–H groups in total. The monoisotopic (exact) mass is 285 g/mol. The number of aliphatic hydroxyl groups is 1. The van der Waals surface area contributed by atoms with Crippen molar-refractivity contribution in [1.82, 2.24) is 15.0 Å². The first-order chi connectivity index (χ1) is 8.93. The molecule has 1 aromatic heterocycles. The summed E-state index contributed by atoms with van der Waals surface area (Å²) in [6.45, 7) is 6.63. The van der Waals surface area contributed by atoms with Crippen molar-refractivity contribution in [3.63, 3.8) is 0 Å². The van der Waals surface area contributed by atoms with E-state index in [1.807, 2.05) is 25.9 Å². The maximum atomic E-state index is 9.55. The second-order valence-corrected chi connectivity index (χ2v) is 5.97. The van der Waals surface area contributed by atoms with Gasteiger partial charge in [-0.1, -0.05) is 25.6 Å². The Hall–Kier alpha value is -1.08. The Bertz CT molecular complexity index is 400. The normalized spacial score (nSPS) is 14.0. The van der Waals surface area contributed by atoms with Crippen molar-refractivity contribution in [2.75, 3.05) is 30.9 Å². The molecule has 2 unspecified atom stereocenters. The highest BCUT2D eigenvalue weighted by molar-refractivity contribution is 7.99. The molecule has 6 nitrogen and oxygen atoms in total. The Morgan fingerprint density at radius 2 is 1.95 bits per heavy atom. The second kappa shape index (κ2) is 7.49. The summed E-state index contributed by atoms with van der Waals surface area (Å²) in [4.78, 5) is 14.9. The fourth-order valence-corrected chi connectivity index (χ4v) is 1.98. The Labute approximate surface area is 119 Å². The van der Waals surface area contributed by atoms with E-state index in [1.165, 1.54) is 11.8 Å². The third-order valence-corrected chi connectivity index (χ3v) is 3.67. The van der Waals surface area contributed by atoms with Gasteiger partial charge in [0.2, 0.25) is 11.9 Å². The molecule has 0 aliphatic rings. The Morgan fingerprint density at radius 1 is 1.26 bits per heavy atom. The predicted molar refractivity (Wildman–Crippen MR) is 79.9 cm³/mol. The number of nitrogens with zero attached hydrogens (tertiary/aromatic N) is 4. The molecule has 0 aliphatic heterocycles. The summed E-state index contributed by atoms with van der Waals surface area (Å²) in [5, 5.41) is 13.4. The molecule has 0 saturated carbocycles. The lowest BCUT2D eigenvalue weighted by Crippen LogP contribution is -2.18. The predicted octanol–water partition coefficient (Wildman–Crippen LogP) is 1.62. The second-order valence-electron chi connectivity index (χ2n) is 4.63. The molecule has 0 spiro atoms. The van der Waals surface area contributed by atoms with Gasteiger partial charge in [-0.2, -0.15) is 15.0 Å². The molecule has 0 aliphatic carbocycles. The van der Waals surface area contributed by atoms with E-state index < -0.39 is 6.10 Å². The van der Waals surface area contributed by atoms with Crippen LogP contribution in [0.2, 0.25) is 0 Å². The van der Waals surface area contributed by atoms with Crippen LogP contribution in [-0.2, 0) is 0 Å². The minimum absolute atomic E-state index is 0.0384. The highest BCUT2D eigenvalue weighted by atomic mass is 32.2. The molecule has 19 heavy (non-hydrogen) atoms. The molecular weight excluding hydrogens is 262 g/mol. The fraction of sp³-hybridized carbons (Fsp3) is 0.750. The minimum atomic E-state index is -0.406. The number of aliphatic hydroxyl groups excluding tert-OH is 1. The van der Waals surface area contributed by atoms with Crippen molar-refractivity contribution >= 4 is 23.7 Å². The van der Waals surface area contributed by atoms with Crippen molar-refractivity contribution in [2.24, 2.45) is 0 Å². The number of nitrogens with one attached hydrogen (secondary N) is 1. The summed E-state index contributed by atoms with van der Waals surface area (Å²) in [5.74, 6) is 1.20. The maximum absolute atomic E-state index is 9.55. The van der Waals surface area contributed by atoms with Crippen molar-refractivity contribution < 1.29 is 5.11 Å². The van der Waals surface area contributed by atoms with Gasteiger partial charge in [0, 0.05) is 25.9 Å². The van der Waals surface area contributed by atoms with Crippen LogP contribution in [-0.4, -0.2) is 52.1 Å². The number of rotatable bonds is 7. The van der Waals surface area contributed by atoms with Gasteiger partial charge >= 0.3 is 0 Å². The zero-order valence-corrected chi connectivity index (χ0v) is 13.0. The van der Waals surface area contributed by atoms with E-state index in [4.69, 9.17) is 0 Å². The zero-order valence-electron chi connectivity index (χ0n) is 12.2. The molecule has 0 bridgehead atoms. The van der Waals surface area contributed by atoms with Gasteiger partial charge in [0.15, 0.2) is 5.16 Å². The van der Waals surface area contributed by atoms with E-state index in [2.05, 4.69) is 27.2 Å². The Kier molecular flexibility index (Phi) is 6.30. The van der Waals surface area contributed by atoms with Gasteiger partial charge in [0.05, 0.1) is 6.10 Å². The SMILES string of the molecule is CCCNc1nc(SC(C)C(C)O)nc(N(C)C)n1. The van der Waals surface area contributed by atoms with Gasteiger partial charge in [-0.15, -0.1) is 0 Å². The molecular formula is C12H23N5OS. The van der Waals surface area contributed by atoms with E-state index >= 15 is 0 Å². The molecule has 0 saturated heterocycles. The fourth-order valence-electron chi connectivity index (χ4n) is 1.18. The van der Waals surface area contributed by atoms with Gasteiger partial charge in [-0.3, -0.25) is 0 Å². The first-order valence-corrected chi connectivity index (χ1v) is 7.34. The van der Waals surface area contributed by atoms with Crippen molar-refractivity contribution in [1.29, 1.82) is 0 Å². The molecule has 0 aromatic carbocycles. The lowest BCUT2D eigenvalue weighted by molar-refractivity contribution is 0.196. The van der Waals surface area contributed by atoms with Crippen LogP contribution < -0.4 is 10.2 Å². The lowest BCUT2D eigenvalue weighted by Gasteiger charge is -2.16.